The van der Waals surface area contributed by atoms with Crippen molar-refractivity contribution in [3.05, 3.63) is 23.8 Å². The second-order valence-corrected chi connectivity index (χ2v) is 7.83. The van der Waals surface area contributed by atoms with Crippen molar-refractivity contribution in [3.63, 3.8) is 0 Å². The number of benzene rings is 1. The van der Waals surface area contributed by atoms with Gasteiger partial charge in [-0.1, -0.05) is 20.8 Å². The van der Waals surface area contributed by atoms with E-state index in [1.807, 2.05) is 9.80 Å². The fourth-order valence-electron chi connectivity index (χ4n) is 3.09. The maximum atomic E-state index is 12.9. The minimum atomic E-state index is -0.0453. The molecular formula is C20H30N2O4. The lowest BCUT2D eigenvalue weighted by atomic mass is 9.91. The lowest BCUT2D eigenvalue weighted by Crippen LogP contribution is -2.38. The first-order valence-electron chi connectivity index (χ1n) is 9.04. The van der Waals surface area contributed by atoms with Crippen molar-refractivity contribution < 1.29 is 19.1 Å². The normalized spacial score (nSPS) is 15.4. The van der Waals surface area contributed by atoms with Crippen molar-refractivity contribution in [1.29, 1.82) is 0 Å². The number of hydrogen-bond acceptors (Lipinski definition) is 4. The molecule has 0 spiro atoms. The van der Waals surface area contributed by atoms with Gasteiger partial charge in [-0.05, 0) is 30.0 Å². The van der Waals surface area contributed by atoms with Gasteiger partial charge in [0.05, 0.1) is 14.2 Å². The van der Waals surface area contributed by atoms with Crippen molar-refractivity contribution in [2.75, 3.05) is 40.4 Å². The summed E-state index contributed by atoms with van der Waals surface area (Å²) in [6.45, 7) is 8.66. The van der Waals surface area contributed by atoms with E-state index < -0.39 is 0 Å². The number of rotatable bonds is 4. The third-order valence-electron chi connectivity index (χ3n) is 4.45. The summed E-state index contributed by atoms with van der Waals surface area (Å²) in [4.78, 5) is 29.0. The molecule has 144 valence electrons. The quantitative estimate of drug-likeness (QED) is 0.826. The van der Waals surface area contributed by atoms with E-state index in [4.69, 9.17) is 9.47 Å². The summed E-state index contributed by atoms with van der Waals surface area (Å²) in [6, 6.07) is 5.19. The Balaban J connectivity index is 2.04. The van der Waals surface area contributed by atoms with Gasteiger partial charge in [0.2, 0.25) is 5.91 Å². The topological polar surface area (TPSA) is 59.1 Å². The third-order valence-corrected chi connectivity index (χ3v) is 4.45. The smallest absolute Gasteiger partial charge is 0.254 e. The summed E-state index contributed by atoms with van der Waals surface area (Å²) >= 11 is 0. The number of amides is 2. The molecule has 0 aliphatic carbocycles. The van der Waals surface area contributed by atoms with E-state index in [1.54, 1.807) is 32.4 Å². The average molecular weight is 362 g/mol. The first kappa shape index (κ1) is 20.1. The molecule has 1 heterocycles. The van der Waals surface area contributed by atoms with Crippen LogP contribution in [0, 0.1) is 5.41 Å². The zero-order valence-electron chi connectivity index (χ0n) is 16.5. The fourth-order valence-corrected chi connectivity index (χ4v) is 3.09. The molecule has 0 radical (unpaired) electrons. The van der Waals surface area contributed by atoms with Crippen molar-refractivity contribution in [2.45, 2.75) is 33.6 Å². The molecule has 0 bridgehead atoms. The summed E-state index contributed by atoms with van der Waals surface area (Å²) in [6.07, 6.45) is 1.31. The second kappa shape index (κ2) is 8.43. The van der Waals surface area contributed by atoms with E-state index in [0.29, 0.717) is 49.7 Å². The summed E-state index contributed by atoms with van der Waals surface area (Å²) in [5.74, 6) is 1.25. The molecule has 6 heteroatoms. The molecule has 0 saturated carbocycles. The van der Waals surface area contributed by atoms with Gasteiger partial charge in [-0.2, -0.15) is 0 Å². The molecule has 0 N–H and O–H groups in total. The molecule has 0 atom stereocenters. The maximum Gasteiger partial charge on any atom is 0.254 e. The largest absolute Gasteiger partial charge is 0.493 e. The van der Waals surface area contributed by atoms with Crippen LogP contribution in [0.5, 0.6) is 11.5 Å². The average Bonchev–Trinajstić information content (AvgIpc) is 2.85. The van der Waals surface area contributed by atoms with E-state index in [0.717, 1.165) is 6.42 Å². The summed E-state index contributed by atoms with van der Waals surface area (Å²) in [5.41, 5.74) is 0.538. The van der Waals surface area contributed by atoms with Crippen molar-refractivity contribution >= 4 is 11.8 Å². The highest BCUT2D eigenvalue weighted by Crippen LogP contribution is 2.28. The number of ether oxygens (including phenoxy) is 2. The second-order valence-electron chi connectivity index (χ2n) is 7.83. The predicted molar refractivity (Wildman–Crippen MR) is 101 cm³/mol. The van der Waals surface area contributed by atoms with Gasteiger partial charge in [0, 0.05) is 38.2 Å². The molecule has 1 aliphatic heterocycles. The zero-order valence-corrected chi connectivity index (χ0v) is 16.5. The third kappa shape index (κ3) is 5.13. The van der Waals surface area contributed by atoms with Crippen LogP contribution in [-0.4, -0.2) is 62.0 Å². The summed E-state index contributed by atoms with van der Waals surface area (Å²) < 4.78 is 10.5. The molecule has 6 nitrogen and oxygen atoms in total. The SMILES string of the molecule is COc1ccc(C(=O)N2CCCN(C(=O)CC(C)(C)C)CC2)cc1OC. The van der Waals surface area contributed by atoms with E-state index in [2.05, 4.69) is 20.8 Å². The molecule has 1 aromatic carbocycles. The maximum absolute atomic E-state index is 12.9. The van der Waals surface area contributed by atoms with Gasteiger partial charge >= 0.3 is 0 Å². The molecule has 1 fully saturated rings. The van der Waals surface area contributed by atoms with Gasteiger partial charge < -0.3 is 19.3 Å². The number of hydrogen-bond donors (Lipinski definition) is 0. The van der Waals surface area contributed by atoms with Crippen molar-refractivity contribution in [3.8, 4) is 11.5 Å². The van der Waals surface area contributed by atoms with Crippen molar-refractivity contribution in [2.24, 2.45) is 5.41 Å². The fraction of sp³-hybridized carbons (Fsp3) is 0.600. The summed E-state index contributed by atoms with van der Waals surface area (Å²) in [5, 5.41) is 0. The van der Waals surface area contributed by atoms with Crippen LogP contribution in [0.15, 0.2) is 18.2 Å². The Labute approximate surface area is 156 Å². The highest BCUT2D eigenvalue weighted by molar-refractivity contribution is 5.95. The van der Waals surface area contributed by atoms with E-state index >= 15 is 0 Å². The molecule has 0 unspecified atom stereocenters. The number of carbonyl (C=O) groups is 2. The summed E-state index contributed by atoms with van der Waals surface area (Å²) in [7, 11) is 3.12. The molecule has 2 amide bonds. The first-order valence-corrected chi connectivity index (χ1v) is 9.04. The van der Waals surface area contributed by atoms with Crippen LogP contribution in [0.1, 0.15) is 44.0 Å². The van der Waals surface area contributed by atoms with Crippen LogP contribution in [0.3, 0.4) is 0 Å². The Hall–Kier alpha value is -2.24. The Bertz CT molecular complexity index is 652. The van der Waals surface area contributed by atoms with Gasteiger partial charge in [-0.25, -0.2) is 0 Å². The van der Waals surface area contributed by atoms with Gasteiger partial charge in [0.15, 0.2) is 11.5 Å². The van der Waals surface area contributed by atoms with Gasteiger partial charge in [-0.3, -0.25) is 9.59 Å². The van der Waals surface area contributed by atoms with E-state index in [-0.39, 0.29) is 17.2 Å². The van der Waals surface area contributed by atoms with Gasteiger partial charge in [0.1, 0.15) is 0 Å². The van der Waals surface area contributed by atoms with Crippen LogP contribution in [0.25, 0.3) is 0 Å². The molecule has 0 aromatic heterocycles. The molecule has 1 aromatic rings. The van der Waals surface area contributed by atoms with E-state index in [1.165, 1.54) is 0 Å². The van der Waals surface area contributed by atoms with Crippen LogP contribution >= 0.6 is 0 Å². The molecular weight excluding hydrogens is 332 g/mol. The van der Waals surface area contributed by atoms with Crippen LogP contribution in [0.4, 0.5) is 0 Å². The first-order chi connectivity index (χ1) is 12.2. The lowest BCUT2D eigenvalue weighted by molar-refractivity contribution is -0.132. The molecule has 2 rings (SSSR count). The zero-order chi connectivity index (χ0) is 19.3. The minimum absolute atomic E-state index is 0.0292. The monoisotopic (exact) mass is 362 g/mol. The highest BCUT2D eigenvalue weighted by Gasteiger charge is 2.25. The number of methoxy groups -OCH3 is 2. The Morgan fingerprint density at radius 3 is 2.19 bits per heavy atom. The highest BCUT2D eigenvalue weighted by atomic mass is 16.5. The predicted octanol–water partition coefficient (Wildman–Crippen LogP) is 2.81. The van der Waals surface area contributed by atoms with Crippen LogP contribution < -0.4 is 9.47 Å². The standard InChI is InChI=1S/C20H30N2O4/c1-20(2,3)14-18(23)21-9-6-10-22(12-11-21)19(24)15-7-8-16(25-4)17(13-15)26-5/h7-8,13H,6,9-12,14H2,1-5H3. The Morgan fingerprint density at radius 1 is 0.962 bits per heavy atom. The molecule has 1 aliphatic rings. The lowest BCUT2D eigenvalue weighted by Gasteiger charge is -2.26. The van der Waals surface area contributed by atoms with Crippen molar-refractivity contribution in [1.82, 2.24) is 9.80 Å². The Kier molecular flexibility index (Phi) is 6.51. The van der Waals surface area contributed by atoms with E-state index in [9.17, 15) is 9.59 Å². The minimum Gasteiger partial charge on any atom is -0.493 e. The number of carbonyl (C=O) groups excluding carboxylic acids is 2. The van der Waals surface area contributed by atoms with Gasteiger partial charge in [-0.15, -0.1) is 0 Å². The number of nitrogens with zero attached hydrogens (tertiary/aromatic N) is 2. The molecule has 26 heavy (non-hydrogen) atoms. The van der Waals surface area contributed by atoms with Crippen LogP contribution in [-0.2, 0) is 4.79 Å². The molecule has 1 saturated heterocycles. The van der Waals surface area contributed by atoms with Crippen LogP contribution in [0.2, 0.25) is 0 Å². The Morgan fingerprint density at radius 2 is 1.58 bits per heavy atom. The van der Waals surface area contributed by atoms with Gasteiger partial charge in [0.25, 0.3) is 5.91 Å².